The Bertz CT molecular complexity index is 495. The quantitative estimate of drug-likeness (QED) is 0.891. The lowest BCUT2D eigenvalue weighted by Gasteiger charge is -2.29. The Morgan fingerprint density at radius 2 is 2.10 bits per heavy atom. The van der Waals surface area contributed by atoms with E-state index in [4.69, 9.17) is 0 Å². The van der Waals surface area contributed by atoms with Crippen molar-refractivity contribution in [3.05, 3.63) is 29.8 Å². The molecule has 1 aromatic rings. The fourth-order valence-corrected chi connectivity index (χ4v) is 3.39. The number of fused-ring (bicyclic) bond motifs is 1. The van der Waals surface area contributed by atoms with Gasteiger partial charge in [-0.1, -0.05) is 18.2 Å². The highest BCUT2D eigenvalue weighted by Crippen LogP contribution is 2.31. The van der Waals surface area contributed by atoms with Crippen LogP contribution in [0.2, 0.25) is 0 Å². The fraction of sp³-hybridized carbons (Fsp3) is 0.588. The third-order valence-electron chi connectivity index (χ3n) is 4.84. The number of hydrogen-bond donors (Lipinski definition) is 2. The van der Waals surface area contributed by atoms with E-state index >= 15 is 0 Å². The van der Waals surface area contributed by atoms with E-state index in [-0.39, 0.29) is 11.8 Å². The Morgan fingerprint density at radius 1 is 1.33 bits per heavy atom. The number of carbonyl (C=O) groups is 1. The summed E-state index contributed by atoms with van der Waals surface area (Å²) in [5.41, 5.74) is 2.24. The molecule has 2 aliphatic rings. The van der Waals surface area contributed by atoms with E-state index in [2.05, 4.69) is 28.6 Å². The number of carbonyl (C=O) groups excluding carboxylic acids is 1. The normalized spacial score (nSPS) is 22.6. The van der Waals surface area contributed by atoms with Crippen LogP contribution in [0.4, 0.5) is 5.69 Å². The highest BCUT2D eigenvalue weighted by atomic mass is 16.1. The highest BCUT2D eigenvalue weighted by Gasteiger charge is 2.27. The lowest BCUT2D eigenvalue weighted by Crippen LogP contribution is -2.34. The smallest absolute Gasteiger partial charge is 0.229 e. The largest absolute Gasteiger partial charge is 0.384 e. The molecule has 0 saturated carbocycles. The monoisotopic (exact) mass is 287 g/mol. The van der Waals surface area contributed by atoms with E-state index in [1.165, 1.54) is 25.9 Å². The van der Waals surface area contributed by atoms with Crippen molar-refractivity contribution in [1.29, 1.82) is 0 Å². The van der Waals surface area contributed by atoms with Crippen LogP contribution in [0, 0.1) is 5.92 Å². The summed E-state index contributed by atoms with van der Waals surface area (Å²) in [5, 5.41) is 6.44. The second-order valence-electron chi connectivity index (χ2n) is 6.35. The molecule has 4 heteroatoms. The number of amides is 1. The van der Waals surface area contributed by atoms with Crippen LogP contribution in [0.25, 0.3) is 0 Å². The Balaban J connectivity index is 1.45. The van der Waals surface area contributed by atoms with Crippen LogP contribution >= 0.6 is 0 Å². The Labute approximate surface area is 126 Å². The molecule has 1 fully saturated rings. The third-order valence-corrected chi connectivity index (χ3v) is 4.84. The zero-order chi connectivity index (χ0) is 14.7. The number of rotatable bonds is 4. The van der Waals surface area contributed by atoms with Gasteiger partial charge in [-0.2, -0.15) is 0 Å². The molecule has 2 aliphatic heterocycles. The summed E-state index contributed by atoms with van der Waals surface area (Å²) >= 11 is 0. The highest BCUT2D eigenvalue weighted by molar-refractivity contribution is 5.88. The molecular formula is C17H25N3O. The number of nitrogens with one attached hydrogen (secondary N) is 2. The zero-order valence-electron chi connectivity index (χ0n) is 12.8. The molecule has 1 aromatic carbocycles. The van der Waals surface area contributed by atoms with E-state index in [9.17, 15) is 4.79 Å². The molecule has 0 aliphatic carbocycles. The summed E-state index contributed by atoms with van der Waals surface area (Å²) < 4.78 is 0. The first-order chi connectivity index (χ1) is 10.2. The second kappa shape index (κ2) is 6.48. The third kappa shape index (κ3) is 3.38. The predicted molar refractivity (Wildman–Crippen MR) is 85.5 cm³/mol. The maximum atomic E-state index is 12.3. The van der Waals surface area contributed by atoms with Crippen LogP contribution in [0.1, 0.15) is 30.7 Å². The molecule has 1 amide bonds. The van der Waals surface area contributed by atoms with Gasteiger partial charge >= 0.3 is 0 Å². The predicted octanol–water partition coefficient (Wildman–Crippen LogP) is 2.04. The van der Waals surface area contributed by atoms with Gasteiger partial charge in [-0.05, 0) is 56.9 Å². The number of nitrogens with zero attached hydrogens (tertiary/aromatic N) is 1. The summed E-state index contributed by atoms with van der Waals surface area (Å²) in [4.78, 5) is 14.7. The van der Waals surface area contributed by atoms with Crippen LogP contribution in [0.15, 0.2) is 24.3 Å². The summed E-state index contributed by atoms with van der Waals surface area (Å²) in [6, 6.07) is 8.11. The first kappa shape index (κ1) is 14.4. The molecule has 1 saturated heterocycles. The van der Waals surface area contributed by atoms with Crippen molar-refractivity contribution in [3.63, 3.8) is 0 Å². The molecule has 0 bridgehead atoms. The number of likely N-dealkylation sites (tertiary alicyclic amines) is 1. The number of anilines is 1. The molecule has 0 aromatic heterocycles. The first-order valence-corrected chi connectivity index (χ1v) is 8.03. The van der Waals surface area contributed by atoms with Gasteiger partial charge in [0.25, 0.3) is 0 Å². The summed E-state index contributed by atoms with van der Waals surface area (Å²) in [6.07, 6.45) is 3.64. The number of hydrogen-bond acceptors (Lipinski definition) is 3. The van der Waals surface area contributed by atoms with Gasteiger partial charge in [-0.3, -0.25) is 4.79 Å². The van der Waals surface area contributed by atoms with Crippen LogP contribution in [-0.2, 0) is 4.79 Å². The van der Waals surface area contributed by atoms with E-state index in [1.54, 1.807) is 0 Å². The van der Waals surface area contributed by atoms with Gasteiger partial charge in [0.2, 0.25) is 5.91 Å². The van der Waals surface area contributed by atoms with Gasteiger partial charge in [0, 0.05) is 18.8 Å². The van der Waals surface area contributed by atoms with E-state index in [0.29, 0.717) is 0 Å². The molecule has 0 radical (unpaired) electrons. The average Bonchev–Trinajstić information content (AvgIpc) is 2.93. The van der Waals surface area contributed by atoms with Crippen LogP contribution in [0.5, 0.6) is 0 Å². The molecule has 21 heavy (non-hydrogen) atoms. The Morgan fingerprint density at radius 3 is 2.90 bits per heavy atom. The van der Waals surface area contributed by atoms with Gasteiger partial charge in [-0.15, -0.1) is 0 Å². The van der Waals surface area contributed by atoms with E-state index in [1.807, 2.05) is 18.2 Å². The SMILES string of the molecule is CN1CCC(CCNC(=O)C2CNc3ccccc32)CC1. The first-order valence-electron chi connectivity index (χ1n) is 8.03. The molecule has 2 heterocycles. The summed E-state index contributed by atoms with van der Waals surface area (Å²) in [5.74, 6) is 0.912. The summed E-state index contributed by atoms with van der Waals surface area (Å²) in [7, 11) is 2.18. The van der Waals surface area contributed by atoms with Crippen LogP contribution in [0.3, 0.4) is 0 Å². The maximum absolute atomic E-state index is 12.3. The molecule has 0 spiro atoms. The Kier molecular flexibility index (Phi) is 4.44. The van der Waals surface area contributed by atoms with Crippen molar-refractivity contribution in [2.45, 2.75) is 25.2 Å². The van der Waals surface area contributed by atoms with Crippen molar-refractivity contribution in [3.8, 4) is 0 Å². The Hall–Kier alpha value is -1.55. The molecule has 114 valence electrons. The van der Waals surface area contributed by atoms with E-state index in [0.717, 1.165) is 36.7 Å². The van der Waals surface area contributed by atoms with Gasteiger partial charge in [0.05, 0.1) is 5.92 Å². The minimum Gasteiger partial charge on any atom is -0.384 e. The van der Waals surface area contributed by atoms with Crippen molar-refractivity contribution in [2.75, 3.05) is 38.5 Å². The van der Waals surface area contributed by atoms with E-state index < -0.39 is 0 Å². The van der Waals surface area contributed by atoms with Gasteiger partial charge in [-0.25, -0.2) is 0 Å². The van der Waals surface area contributed by atoms with Gasteiger partial charge in [0.1, 0.15) is 0 Å². The van der Waals surface area contributed by atoms with Gasteiger partial charge < -0.3 is 15.5 Å². The maximum Gasteiger partial charge on any atom is 0.229 e. The van der Waals surface area contributed by atoms with Crippen LogP contribution in [-0.4, -0.2) is 44.0 Å². The topological polar surface area (TPSA) is 44.4 Å². The average molecular weight is 287 g/mol. The number of para-hydroxylation sites is 1. The van der Waals surface area contributed by atoms with Crippen molar-refractivity contribution >= 4 is 11.6 Å². The molecule has 1 unspecified atom stereocenters. The molecular weight excluding hydrogens is 262 g/mol. The lowest BCUT2D eigenvalue weighted by molar-refractivity contribution is -0.122. The zero-order valence-corrected chi connectivity index (χ0v) is 12.8. The molecule has 1 atom stereocenters. The van der Waals surface area contributed by atoms with Crippen LogP contribution < -0.4 is 10.6 Å². The second-order valence-corrected chi connectivity index (χ2v) is 6.35. The minimum atomic E-state index is -0.0290. The fourth-order valence-electron chi connectivity index (χ4n) is 3.39. The number of piperidine rings is 1. The lowest BCUT2D eigenvalue weighted by atomic mass is 9.93. The van der Waals surface area contributed by atoms with Crippen molar-refractivity contribution < 1.29 is 4.79 Å². The van der Waals surface area contributed by atoms with Crippen molar-refractivity contribution in [2.24, 2.45) is 5.92 Å². The number of benzene rings is 1. The summed E-state index contributed by atoms with van der Waals surface area (Å²) in [6.45, 7) is 3.92. The van der Waals surface area contributed by atoms with Gasteiger partial charge in [0.15, 0.2) is 0 Å². The molecule has 4 nitrogen and oxygen atoms in total. The molecule has 3 rings (SSSR count). The van der Waals surface area contributed by atoms with Crippen molar-refractivity contribution in [1.82, 2.24) is 10.2 Å². The molecule has 2 N–H and O–H groups in total. The standard InChI is InChI=1S/C17H25N3O/c1-20-10-7-13(8-11-20)6-9-18-17(21)15-12-19-16-5-3-2-4-14(15)16/h2-5,13,15,19H,6-12H2,1H3,(H,18,21). The minimum absolute atomic E-state index is 0.0290.